The Morgan fingerprint density at radius 3 is 2.64 bits per heavy atom. The maximum absolute atomic E-state index is 9.66. The largest absolute Gasteiger partial charge is 0.387 e. The summed E-state index contributed by atoms with van der Waals surface area (Å²) in [6.45, 7) is 6.51. The number of rotatable bonds is 4. The molecule has 0 saturated carbocycles. The van der Waals surface area contributed by atoms with Gasteiger partial charge in [0.05, 0.1) is 18.3 Å². The Hall–Kier alpha value is -1.92. The van der Waals surface area contributed by atoms with Crippen LogP contribution in [0.4, 0.5) is 5.82 Å². The second-order valence-corrected chi connectivity index (χ2v) is 5.81. The first-order chi connectivity index (χ1) is 10.6. The van der Waals surface area contributed by atoms with Gasteiger partial charge in [0, 0.05) is 45.6 Å². The number of anilines is 1. The smallest absolute Gasteiger partial charge is 0.129 e. The number of imidazole rings is 1. The lowest BCUT2D eigenvalue weighted by Gasteiger charge is -2.35. The third-order valence-corrected chi connectivity index (χ3v) is 4.17. The highest BCUT2D eigenvalue weighted by Crippen LogP contribution is 2.18. The molecule has 2 aromatic rings. The summed E-state index contributed by atoms with van der Waals surface area (Å²) in [4.78, 5) is 13.6. The minimum atomic E-state index is -0.523. The lowest BCUT2D eigenvalue weighted by Crippen LogP contribution is -2.46. The molecule has 1 aliphatic rings. The highest BCUT2D eigenvalue weighted by Gasteiger charge is 2.19. The minimum absolute atomic E-state index is 0.523. The first-order valence-electron chi connectivity index (χ1n) is 7.72. The van der Waals surface area contributed by atoms with E-state index in [0.29, 0.717) is 0 Å². The van der Waals surface area contributed by atoms with E-state index in [0.717, 1.165) is 50.1 Å². The van der Waals surface area contributed by atoms with E-state index in [4.69, 9.17) is 0 Å². The summed E-state index contributed by atoms with van der Waals surface area (Å²) in [6.07, 6.45) is 3.30. The molecule has 1 N–H and O–H groups in total. The Morgan fingerprint density at radius 2 is 2.00 bits per heavy atom. The molecule has 6 nitrogen and oxygen atoms in total. The zero-order chi connectivity index (χ0) is 15.5. The van der Waals surface area contributed by atoms with Crippen molar-refractivity contribution >= 4 is 5.82 Å². The zero-order valence-electron chi connectivity index (χ0n) is 13.2. The Kier molecular flexibility index (Phi) is 4.40. The van der Waals surface area contributed by atoms with E-state index >= 15 is 0 Å². The molecule has 2 aromatic heterocycles. The molecule has 0 aromatic carbocycles. The van der Waals surface area contributed by atoms with Gasteiger partial charge in [0.2, 0.25) is 0 Å². The highest BCUT2D eigenvalue weighted by atomic mass is 16.3. The first-order valence-corrected chi connectivity index (χ1v) is 7.72. The van der Waals surface area contributed by atoms with Crippen molar-refractivity contribution < 1.29 is 5.11 Å². The number of aliphatic hydroxyl groups is 1. The van der Waals surface area contributed by atoms with E-state index in [-0.39, 0.29) is 0 Å². The number of aryl methyl sites for hydroxylation is 1. The fourth-order valence-electron chi connectivity index (χ4n) is 2.73. The van der Waals surface area contributed by atoms with Crippen LogP contribution in [0, 0.1) is 0 Å². The van der Waals surface area contributed by atoms with Gasteiger partial charge in [-0.2, -0.15) is 0 Å². The van der Waals surface area contributed by atoms with Crippen LogP contribution in [0.5, 0.6) is 0 Å². The average molecular weight is 301 g/mol. The van der Waals surface area contributed by atoms with Crippen LogP contribution in [0.25, 0.3) is 0 Å². The van der Waals surface area contributed by atoms with Gasteiger partial charge in [-0.3, -0.25) is 4.90 Å². The van der Waals surface area contributed by atoms with E-state index in [1.165, 1.54) is 0 Å². The number of piperazine rings is 1. The van der Waals surface area contributed by atoms with Crippen LogP contribution < -0.4 is 4.90 Å². The second kappa shape index (κ2) is 6.46. The van der Waals surface area contributed by atoms with Gasteiger partial charge >= 0.3 is 0 Å². The topological polar surface area (TPSA) is 57.4 Å². The number of aromatic nitrogens is 3. The van der Waals surface area contributed by atoms with Crippen molar-refractivity contribution in [3.8, 4) is 0 Å². The molecule has 22 heavy (non-hydrogen) atoms. The van der Waals surface area contributed by atoms with E-state index < -0.39 is 6.10 Å². The SMILES string of the molecule is CC(O)c1cccc(N2CCN(Cc3nccn3C)CC2)n1. The summed E-state index contributed by atoms with van der Waals surface area (Å²) >= 11 is 0. The van der Waals surface area contributed by atoms with Gasteiger partial charge in [0.15, 0.2) is 0 Å². The van der Waals surface area contributed by atoms with Crippen LogP contribution in [-0.2, 0) is 13.6 Å². The Bertz CT molecular complexity index is 617. The molecule has 1 aliphatic heterocycles. The molecule has 0 radical (unpaired) electrons. The first kappa shape index (κ1) is 15.0. The number of aliphatic hydroxyl groups excluding tert-OH is 1. The monoisotopic (exact) mass is 301 g/mol. The van der Waals surface area contributed by atoms with Crippen LogP contribution >= 0.6 is 0 Å². The van der Waals surface area contributed by atoms with Crippen molar-refractivity contribution in [1.29, 1.82) is 0 Å². The van der Waals surface area contributed by atoms with Crippen LogP contribution in [0.1, 0.15) is 24.5 Å². The number of pyridine rings is 1. The quantitative estimate of drug-likeness (QED) is 0.919. The lowest BCUT2D eigenvalue weighted by atomic mass is 10.2. The molecular weight excluding hydrogens is 278 g/mol. The van der Waals surface area contributed by atoms with Crippen molar-refractivity contribution in [3.05, 3.63) is 42.1 Å². The maximum atomic E-state index is 9.66. The van der Waals surface area contributed by atoms with Crippen molar-refractivity contribution in [2.75, 3.05) is 31.1 Å². The van der Waals surface area contributed by atoms with Crippen LogP contribution in [0.15, 0.2) is 30.6 Å². The van der Waals surface area contributed by atoms with Gasteiger partial charge in [-0.05, 0) is 19.1 Å². The van der Waals surface area contributed by atoms with E-state index in [9.17, 15) is 5.11 Å². The van der Waals surface area contributed by atoms with Gasteiger partial charge in [-0.1, -0.05) is 6.07 Å². The van der Waals surface area contributed by atoms with Gasteiger partial charge in [0.25, 0.3) is 0 Å². The minimum Gasteiger partial charge on any atom is -0.387 e. The van der Waals surface area contributed by atoms with E-state index in [1.807, 2.05) is 37.6 Å². The number of hydrogen-bond acceptors (Lipinski definition) is 5. The van der Waals surface area contributed by atoms with Crippen LogP contribution in [0.2, 0.25) is 0 Å². The molecule has 3 heterocycles. The molecule has 1 saturated heterocycles. The zero-order valence-corrected chi connectivity index (χ0v) is 13.2. The molecule has 0 spiro atoms. The number of nitrogens with zero attached hydrogens (tertiary/aromatic N) is 5. The van der Waals surface area contributed by atoms with E-state index in [1.54, 1.807) is 6.92 Å². The average Bonchev–Trinajstić information content (AvgIpc) is 2.93. The predicted molar refractivity (Wildman–Crippen MR) is 85.6 cm³/mol. The third kappa shape index (κ3) is 3.28. The molecule has 3 rings (SSSR count). The molecule has 6 heteroatoms. The van der Waals surface area contributed by atoms with E-state index in [2.05, 4.69) is 24.3 Å². The Morgan fingerprint density at radius 1 is 1.23 bits per heavy atom. The molecule has 0 amide bonds. The highest BCUT2D eigenvalue weighted by molar-refractivity contribution is 5.40. The molecule has 1 atom stereocenters. The summed E-state index contributed by atoms with van der Waals surface area (Å²) in [6, 6.07) is 5.84. The van der Waals surface area contributed by atoms with Crippen molar-refractivity contribution in [3.63, 3.8) is 0 Å². The van der Waals surface area contributed by atoms with Gasteiger partial charge in [-0.25, -0.2) is 9.97 Å². The molecular formula is C16H23N5O. The third-order valence-electron chi connectivity index (χ3n) is 4.17. The van der Waals surface area contributed by atoms with Crippen molar-refractivity contribution in [2.24, 2.45) is 7.05 Å². The molecule has 118 valence electrons. The standard InChI is InChI=1S/C16H23N5O/c1-13(22)14-4-3-5-15(18-14)21-10-8-20(9-11-21)12-16-17-6-7-19(16)2/h3-7,13,22H,8-12H2,1-2H3. The summed E-state index contributed by atoms with van der Waals surface area (Å²) < 4.78 is 2.07. The number of hydrogen-bond donors (Lipinski definition) is 1. The second-order valence-electron chi connectivity index (χ2n) is 5.81. The summed E-state index contributed by atoms with van der Waals surface area (Å²) in [5.41, 5.74) is 0.730. The predicted octanol–water partition coefficient (Wildman–Crippen LogP) is 1.19. The van der Waals surface area contributed by atoms with Crippen molar-refractivity contribution in [2.45, 2.75) is 19.6 Å². The molecule has 0 bridgehead atoms. The molecule has 1 fully saturated rings. The van der Waals surface area contributed by atoms with Crippen molar-refractivity contribution in [1.82, 2.24) is 19.4 Å². The fraction of sp³-hybridized carbons (Fsp3) is 0.500. The van der Waals surface area contributed by atoms with Crippen LogP contribution in [0.3, 0.4) is 0 Å². The summed E-state index contributed by atoms with van der Waals surface area (Å²) in [7, 11) is 2.03. The van der Waals surface area contributed by atoms with Crippen LogP contribution in [-0.4, -0.2) is 50.7 Å². The van der Waals surface area contributed by atoms with Gasteiger partial charge in [-0.15, -0.1) is 0 Å². The molecule has 1 unspecified atom stereocenters. The summed E-state index contributed by atoms with van der Waals surface area (Å²) in [5, 5.41) is 9.66. The maximum Gasteiger partial charge on any atom is 0.129 e. The fourth-order valence-corrected chi connectivity index (χ4v) is 2.73. The molecule has 0 aliphatic carbocycles. The van der Waals surface area contributed by atoms with Gasteiger partial charge < -0.3 is 14.6 Å². The van der Waals surface area contributed by atoms with Gasteiger partial charge in [0.1, 0.15) is 11.6 Å². The Balaban J connectivity index is 1.60. The Labute approximate surface area is 131 Å². The summed E-state index contributed by atoms with van der Waals surface area (Å²) in [5.74, 6) is 2.05. The normalized spacial score (nSPS) is 17.7. The lowest BCUT2D eigenvalue weighted by molar-refractivity contribution is 0.194.